The van der Waals surface area contributed by atoms with Gasteiger partial charge in [0.05, 0.1) is 5.69 Å². The van der Waals surface area contributed by atoms with Crippen LogP contribution in [-0.2, 0) is 0 Å². The minimum absolute atomic E-state index is 0.192. The maximum Gasteiger partial charge on any atom is 0.332 e. The minimum Gasteiger partial charge on any atom is -0.365 e. The number of nitrogens with zero attached hydrogens (tertiary/aromatic N) is 3. The van der Waals surface area contributed by atoms with E-state index in [2.05, 4.69) is 53.2 Å². The molecule has 138 valence electrons. The molecule has 2 heterocycles. The minimum atomic E-state index is -0.192. The normalized spacial score (nSPS) is 11.5. The summed E-state index contributed by atoms with van der Waals surface area (Å²) in [5.41, 5.74) is 5.27. The Labute approximate surface area is 153 Å². The van der Waals surface area contributed by atoms with Gasteiger partial charge in [-0.15, -0.1) is 0 Å². The van der Waals surface area contributed by atoms with E-state index in [1.807, 2.05) is 20.8 Å². The van der Waals surface area contributed by atoms with Crippen molar-refractivity contribution in [3.63, 3.8) is 0 Å². The van der Waals surface area contributed by atoms with Gasteiger partial charge in [-0.3, -0.25) is 9.55 Å². The average Bonchev–Trinajstić information content (AvgIpc) is 2.87. The lowest BCUT2D eigenvalue weighted by molar-refractivity contribution is 0.668. The van der Waals surface area contributed by atoms with Crippen LogP contribution in [0.4, 0.5) is 5.82 Å². The number of imidazole rings is 1. The van der Waals surface area contributed by atoms with Crippen molar-refractivity contribution < 1.29 is 0 Å². The molecule has 0 bridgehead atoms. The third-order valence-corrected chi connectivity index (χ3v) is 4.83. The molecule has 26 heavy (non-hydrogen) atoms. The van der Waals surface area contributed by atoms with Crippen LogP contribution in [0.1, 0.15) is 49.2 Å². The van der Waals surface area contributed by atoms with Gasteiger partial charge >= 0.3 is 5.69 Å². The number of benzene rings is 1. The van der Waals surface area contributed by atoms with Crippen LogP contribution >= 0.6 is 0 Å². The zero-order chi connectivity index (χ0) is 19.0. The summed E-state index contributed by atoms with van der Waals surface area (Å²) in [6.07, 6.45) is 1.97. The predicted octanol–water partition coefficient (Wildman–Crippen LogP) is 3.94. The number of aromatic amines is 1. The van der Waals surface area contributed by atoms with Gasteiger partial charge < -0.3 is 5.32 Å². The van der Waals surface area contributed by atoms with Crippen molar-refractivity contribution in [2.45, 2.75) is 60.4 Å². The average molecular weight is 353 g/mol. The Kier molecular flexibility index (Phi) is 4.85. The Morgan fingerprint density at radius 3 is 2.27 bits per heavy atom. The van der Waals surface area contributed by atoms with Crippen LogP contribution in [0, 0.1) is 27.7 Å². The summed E-state index contributed by atoms with van der Waals surface area (Å²) < 4.78 is 1.71. The highest BCUT2D eigenvalue weighted by atomic mass is 16.1. The predicted molar refractivity (Wildman–Crippen MR) is 106 cm³/mol. The molecule has 3 aromatic rings. The molecule has 0 saturated heterocycles. The van der Waals surface area contributed by atoms with Gasteiger partial charge in [-0.1, -0.05) is 31.5 Å². The van der Waals surface area contributed by atoms with E-state index in [1.54, 1.807) is 4.57 Å². The first-order valence-corrected chi connectivity index (χ1v) is 9.19. The van der Waals surface area contributed by atoms with Gasteiger partial charge in [0.2, 0.25) is 0 Å². The first kappa shape index (κ1) is 18.2. The van der Waals surface area contributed by atoms with E-state index < -0.39 is 0 Å². The van der Waals surface area contributed by atoms with E-state index in [1.165, 1.54) is 5.56 Å². The molecule has 6 nitrogen and oxygen atoms in total. The monoisotopic (exact) mass is 353 g/mol. The Bertz CT molecular complexity index is 988. The van der Waals surface area contributed by atoms with Gasteiger partial charge in [-0.25, -0.2) is 14.8 Å². The van der Waals surface area contributed by atoms with Crippen LogP contribution < -0.4 is 11.0 Å². The second kappa shape index (κ2) is 6.94. The molecule has 0 aliphatic carbocycles. The molecular formula is C20H27N5O. The molecule has 0 radical (unpaired) electrons. The number of hydrogen-bond acceptors (Lipinski definition) is 4. The smallest absolute Gasteiger partial charge is 0.332 e. The van der Waals surface area contributed by atoms with Gasteiger partial charge in [0.25, 0.3) is 0 Å². The highest BCUT2D eigenvalue weighted by Crippen LogP contribution is 2.27. The maximum atomic E-state index is 12.8. The van der Waals surface area contributed by atoms with Gasteiger partial charge in [-0.05, 0) is 51.7 Å². The van der Waals surface area contributed by atoms with Gasteiger partial charge in [0.15, 0.2) is 11.5 Å². The summed E-state index contributed by atoms with van der Waals surface area (Å²) >= 11 is 0. The number of aromatic nitrogens is 4. The fraction of sp³-hybridized carbons (Fsp3) is 0.450. The van der Waals surface area contributed by atoms with Crippen molar-refractivity contribution in [1.29, 1.82) is 0 Å². The zero-order valence-electron chi connectivity index (χ0n) is 16.4. The van der Waals surface area contributed by atoms with E-state index in [0.29, 0.717) is 28.8 Å². The van der Waals surface area contributed by atoms with Crippen molar-refractivity contribution >= 4 is 17.0 Å². The molecule has 0 atom stereocenters. The summed E-state index contributed by atoms with van der Waals surface area (Å²) in [6, 6.07) is 4.49. The van der Waals surface area contributed by atoms with Crippen molar-refractivity contribution in [3.8, 4) is 5.69 Å². The molecule has 0 saturated carbocycles. The number of H-pyrrole nitrogens is 1. The topological polar surface area (TPSA) is 75.6 Å². The van der Waals surface area contributed by atoms with Gasteiger partial charge in [-0.2, -0.15) is 0 Å². The summed E-state index contributed by atoms with van der Waals surface area (Å²) in [5.74, 6) is 1.34. The largest absolute Gasteiger partial charge is 0.365 e. The highest BCUT2D eigenvalue weighted by Gasteiger charge is 2.20. The molecule has 0 fully saturated rings. The molecule has 2 N–H and O–H groups in total. The summed E-state index contributed by atoms with van der Waals surface area (Å²) in [5, 5.41) is 3.51. The summed E-state index contributed by atoms with van der Waals surface area (Å²) in [7, 11) is 0. The quantitative estimate of drug-likeness (QED) is 0.728. The van der Waals surface area contributed by atoms with Crippen molar-refractivity contribution in [2.75, 3.05) is 5.32 Å². The molecule has 6 heteroatoms. The number of anilines is 1. The van der Waals surface area contributed by atoms with Crippen LogP contribution in [0.3, 0.4) is 0 Å². The van der Waals surface area contributed by atoms with Crippen LogP contribution in [0.15, 0.2) is 16.9 Å². The van der Waals surface area contributed by atoms with Crippen LogP contribution in [0.2, 0.25) is 0 Å². The third-order valence-electron chi connectivity index (χ3n) is 4.83. The first-order valence-electron chi connectivity index (χ1n) is 9.19. The molecule has 0 unspecified atom stereocenters. The number of hydrogen-bond donors (Lipinski definition) is 2. The van der Waals surface area contributed by atoms with Crippen molar-refractivity contribution in [3.05, 3.63) is 45.1 Å². The van der Waals surface area contributed by atoms with E-state index in [0.717, 1.165) is 29.7 Å². The third kappa shape index (κ3) is 3.11. The molecule has 0 amide bonds. The van der Waals surface area contributed by atoms with E-state index in [4.69, 9.17) is 0 Å². The molecule has 3 rings (SSSR count). The molecule has 2 aromatic heterocycles. The highest BCUT2D eigenvalue weighted by molar-refractivity contribution is 5.85. The Hall–Kier alpha value is -2.63. The van der Waals surface area contributed by atoms with Gasteiger partial charge in [0, 0.05) is 6.04 Å². The standard InChI is InChI=1S/C20H27N5O/c1-7-15(8-2)23-18-17-19(22-14(6)21-18)24-20(26)25(17)16-12(4)9-11(3)10-13(16)5/h9-10,15H,7-8H2,1-6H3,(H2,21,22,23,24,26). The summed E-state index contributed by atoms with van der Waals surface area (Å²) in [4.78, 5) is 24.8. The number of nitrogens with one attached hydrogen (secondary N) is 2. The Balaban J connectivity index is 2.34. The SMILES string of the molecule is CCC(CC)Nc1nc(C)nc2[nH]c(=O)n(-c3c(C)cc(C)cc3C)c12. The Morgan fingerprint density at radius 1 is 1.08 bits per heavy atom. The molecular weight excluding hydrogens is 326 g/mol. The number of rotatable bonds is 5. The molecule has 0 aliphatic heterocycles. The second-order valence-electron chi connectivity index (χ2n) is 6.99. The van der Waals surface area contributed by atoms with E-state index in [-0.39, 0.29) is 5.69 Å². The first-order chi connectivity index (χ1) is 12.3. The van der Waals surface area contributed by atoms with Crippen molar-refractivity contribution in [1.82, 2.24) is 19.5 Å². The molecule has 0 spiro atoms. The second-order valence-corrected chi connectivity index (χ2v) is 6.99. The van der Waals surface area contributed by atoms with Crippen LogP contribution in [-0.4, -0.2) is 25.6 Å². The van der Waals surface area contributed by atoms with E-state index >= 15 is 0 Å². The summed E-state index contributed by atoms with van der Waals surface area (Å²) in [6.45, 7) is 12.3. The lowest BCUT2D eigenvalue weighted by Crippen LogP contribution is -2.21. The number of fused-ring (bicyclic) bond motifs is 1. The maximum absolute atomic E-state index is 12.8. The molecule has 0 aliphatic rings. The molecule has 1 aromatic carbocycles. The van der Waals surface area contributed by atoms with Crippen LogP contribution in [0.25, 0.3) is 16.9 Å². The zero-order valence-corrected chi connectivity index (χ0v) is 16.4. The fourth-order valence-corrected chi connectivity index (χ4v) is 3.65. The van der Waals surface area contributed by atoms with Crippen LogP contribution in [0.5, 0.6) is 0 Å². The fourth-order valence-electron chi connectivity index (χ4n) is 3.65. The van der Waals surface area contributed by atoms with Gasteiger partial charge in [0.1, 0.15) is 11.3 Å². The van der Waals surface area contributed by atoms with Crippen molar-refractivity contribution in [2.24, 2.45) is 0 Å². The lowest BCUT2D eigenvalue weighted by atomic mass is 10.0. The lowest BCUT2D eigenvalue weighted by Gasteiger charge is -2.18. The van der Waals surface area contributed by atoms with E-state index in [9.17, 15) is 4.79 Å². The number of aryl methyl sites for hydroxylation is 4. The Morgan fingerprint density at radius 2 is 1.69 bits per heavy atom.